The Morgan fingerprint density at radius 1 is 1.03 bits per heavy atom. The Kier molecular flexibility index (Phi) is 5.43. The van der Waals surface area contributed by atoms with E-state index in [1.54, 1.807) is 25.4 Å². The number of phenols is 1. The number of aromatic hydroxyl groups is 1. The van der Waals surface area contributed by atoms with Crippen LogP contribution in [0.1, 0.15) is 32.1 Å². The lowest BCUT2D eigenvalue weighted by atomic mass is 9.83. The lowest BCUT2D eigenvalue weighted by Crippen LogP contribution is -2.54. The van der Waals surface area contributed by atoms with Crippen molar-refractivity contribution in [3.8, 4) is 28.1 Å². The van der Waals surface area contributed by atoms with E-state index in [9.17, 15) is 9.90 Å². The van der Waals surface area contributed by atoms with Crippen LogP contribution in [0.4, 0.5) is 5.82 Å². The van der Waals surface area contributed by atoms with Crippen molar-refractivity contribution in [1.29, 1.82) is 0 Å². The summed E-state index contributed by atoms with van der Waals surface area (Å²) in [5.41, 5.74) is 2.71. The summed E-state index contributed by atoms with van der Waals surface area (Å²) in [5, 5.41) is 23.2. The molecule has 2 unspecified atom stereocenters. The molecule has 0 aliphatic carbocycles. The molecule has 0 saturated carbocycles. The lowest BCUT2D eigenvalue weighted by Gasteiger charge is -2.43. The second-order valence-electron chi connectivity index (χ2n) is 9.10. The third-order valence-corrected chi connectivity index (χ3v) is 6.96. The second-order valence-corrected chi connectivity index (χ2v) is 9.10. The van der Waals surface area contributed by atoms with Gasteiger partial charge in [0.2, 0.25) is 0 Å². The molecule has 2 fully saturated rings. The maximum atomic E-state index is 11.9. The van der Waals surface area contributed by atoms with Gasteiger partial charge in [0.25, 0.3) is 5.56 Å². The zero-order valence-electron chi connectivity index (χ0n) is 18.5. The number of hydrogen-bond donors (Lipinski definition) is 2. The molecule has 2 bridgehead atoms. The number of pyridine rings is 1. The van der Waals surface area contributed by atoms with Crippen molar-refractivity contribution in [3.63, 3.8) is 0 Å². The number of benzene rings is 1. The Morgan fingerprint density at radius 2 is 1.78 bits per heavy atom. The summed E-state index contributed by atoms with van der Waals surface area (Å²) in [7, 11) is 3.81. The Balaban J connectivity index is 1.34. The minimum absolute atomic E-state index is 0.0889. The molecule has 2 aromatic heterocycles. The Morgan fingerprint density at radius 3 is 2.44 bits per heavy atom. The first-order chi connectivity index (χ1) is 15.5. The average molecular weight is 432 g/mol. The minimum Gasteiger partial charge on any atom is -0.507 e. The fourth-order valence-corrected chi connectivity index (χ4v) is 5.05. The number of fused-ring (bicyclic) bond motifs is 2. The highest BCUT2D eigenvalue weighted by atomic mass is 16.3. The van der Waals surface area contributed by atoms with Crippen molar-refractivity contribution in [2.75, 3.05) is 11.9 Å². The van der Waals surface area contributed by atoms with Crippen LogP contribution >= 0.6 is 0 Å². The molecule has 1 aromatic carbocycles. The van der Waals surface area contributed by atoms with Crippen LogP contribution in [0.15, 0.2) is 53.5 Å². The van der Waals surface area contributed by atoms with E-state index in [1.807, 2.05) is 30.3 Å². The summed E-state index contributed by atoms with van der Waals surface area (Å²) in [6.45, 7) is 0. The van der Waals surface area contributed by atoms with E-state index in [0.717, 1.165) is 29.8 Å². The summed E-state index contributed by atoms with van der Waals surface area (Å²) in [6.07, 6.45) is 7.86. The maximum absolute atomic E-state index is 11.9. The first-order valence-electron chi connectivity index (χ1n) is 11.3. The molecule has 2 aliphatic rings. The highest BCUT2D eigenvalue weighted by molar-refractivity contribution is 5.74. The fraction of sp³-hybridized carbons (Fsp3) is 0.400. The number of anilines is 1. The predicted octanol–water partition coefficient (Wildman–Crippen LogP) is 3.32. The van der Waals surface area contributed by atoms with Gasteiger partial charge in [-0.25, -0.2) is 0 Å². The molecule has 32 heavy (non-hydrogen) atoms. The van der Waals surface area contributed by atoms with Crippen molar-refractivity contribution in [2.45, 2.75) is 50.2 Å². The summed E-state index contributed by atoms with van der Waals surface area (Å²) >= 11 is 0. The quantitative estimate of drug-likeness (QED) is 0.659. The summed E-state index contributed by atoms with van der Waals surface area (Å²) in [6, 6.07) is 14.4. The molecule has 7 nitrogen and oxygen atoms in total. The monoisotopic (exact) mass is 431 g/mol. The van der Waals surface area contributed by atoms with Crippen LogP contribution in [0, 0.1) is 0 Å². The number of hydrogen-bond acceptors (Lipinski definition) is 6. The smallest absolute Gasteiger partial charge is 0.250 e. The first-order valence-corrected chi connectivity index (χ1v) is 11.3. The summed E-state index contributed by atoms with van der Waals surface area (Å²) < 4.78 is 1.52. The van der Waals surface area contributed by atoms with Crippen LogP contribution in [0.25, 0.3) is 22.4 Å². The zero-order chi connectivity index (χ0) is 22.2. The molecule has 4 heterocycles. The van der Waals surface area contributed by atoms with Crippen molar-refractivity contribution >= 4 is 5.82 Å². The molecule has 2 saturated heterocycles. The third-order valence-electron chi connectivity index (χ3n) is 6.96. The predicted molar refractivity (Wildman–Crippen MR) is 126 cm³/mol. The molecule has 0 radical (unpaired) electrons. The molecule has 2 aliphatic heterocycles. The van der Waals surface area contributed by atoms with Gasteiger partial charge in [0.1, 0.15) is 5.75 Å². The van der Waals surface area contributed by atoms with Gasteiger partial charge in [-0.05, 0) is 67.1 Å². The lowest BCUT2D eigenvalue weighted by molar-refractivity contribution is 0.219. The average Bonchev–Trinajstić information content (AvgIpc) is 2.80. The fourth-order valence-electron chi connectivity index (χ4n) is 5.05. The van der Waals surface area contributed by atoms with E-state index in [-0.39, 0.29) is 11.3 Å². The Labute approximate surface area is 187 Å². The zero-order valence-corrected chi connectivity index (χ0v) is 18.5. The largest absolute Gasteiger partial charge is 0.507 e. The highest BCUT2D eigenvalue weighted by Gasteiger charge is 2.33. The van der Waals surface area contributed by atoms with E-state index in [1.165, 1.54) is 23.8 Å². The standard InChI is InChI=1S/C25H29N5O2/c1-29-11-10-17(13-25(29)32)16-6-7-21(23(31)12-16)22-8-9-24(28-27-22)30(2)20-14-18-4-3-5-19(15-20)26-18/h6-13,18-20,26,31H,3-5,14-15H2,1-2H3. The maximum Gasteiger partial charge on any atom is 0.250 e. The van der Waals surface area contributed by atoms with E-state index in [4.69, 9.17) is 0 Å². The third kappa shape index (κ3) is 4.00. The number of piperidine rings is 2. The molecule has 3 aromatic rings. The van der Waals surface area contributed by atoms with Gasteiger partial charge in [-0.15, -0.1) is 10.2 Å². The van der Waals surface area contributed by atoms with Crippen LogP contribution in [0.5, 0.6) is 5.75 Å². The van der Waals surface area contributed by atoms with Gasteiger partial charge in [-0.1, -0.05) is 12.5 Å². The number of nitrogens with one attached hydrogen (secondary N) is 1. The number of rotatable bonds is 4. The van der Waals surface area contributed by atoms with Gasteiger partial charge in [0, 0.05) is 50.0 Å². The topological polar surface area (TPSA) is 83.3 Å². The SMILES string of the molecule is CN(c1ccc(-c2ccc(-c3ccn(C)c(=O)c3)cc2O)nn1)C1CC2CCCC(C1)N2. The molecule has 2 N–H and O–H groups in total. The van der Waals surface area contributed by atoms with Crippen molar-refractivity contribution in [2.24, 2.45) is 7.05 Å². The van der Waals surface area contributed by atoms with Gasteiger partial charge in [-0.3, -0.25) is 4.79 Å². The Bertz CT molecular complexity index is 1160. The number of phenolic OH excluding ortho intramolecular Hbond substituents is 1. The highest BCUT2D eigenvalue weighted by Crippen LogP contribution is 2.33. The molecule has 0 amide bonds. The summed E-state index contributed by atoms with van der Waals surface area (Å²) in [5.74, 6) is 0.972. The van der Waals surface area contributed by atoms with E-state index < -0.39 is 0 Å². The van der Waals surface area contributed by atoms with Gasteiger partial charge < -0.3 is 19.9 Å². The normalized spacial score (nSPS) is 22.5. The van der Waals surface area contributed by atoms with Gasteiger partial charge in [0.05, 0.1) is 5.69 Å². The van der Waals surface area contributed by atoms with Crippen molar-refractivity contribution in [1.82, 2.24) is 20.1 Å². The molecule has 7 heteroatoms. The van der Waals surface area contributed by atoms with E-state index >= 15 is 0 Å². The summed E-state index contributed by atoms with van der Waals surface area (Å²) in [4.78, 5) is 14.2. The molecule has 5 rings (SSSR count). The van der Waals surface area contributed by atoms with Crippen LogP contribution in [-0.4, -0.2) is 45.0 Å². The van der Waals surface area contributed by atoms with Crippen molar-refractivity contribution < 1.29 is 5.11 Å². The van der Waals surface area contributed by atoms with E-state index in [0.29, 0.717) is 29.4 Å². The van der Waals surface area contributed by atoms with Crippen molar-refractivity contribution in [3.05, 3.63) is 59.0 Å². The minimum atomic E-state index is -0.0889. The Hall–Kier alpha value is -3.19. The molecule has 2 atom stereocenters. The van der Waals surface area contributed by atoms with E-state index in [2.05, 4.69) is 27.5 Å². The molecule has 166 valence electrons. The number of aromatic nitrogens is 3. The molecular weight excluding hydrogens is 402 g/mol. The number of aryl methyl sites for hydroxylation is 1. The van der Waals surface area contributed by atoms with Gasteiger partial charge >= 0.3 is 0 Å². The molecule has 0 spiro atoms. The van der Waals surface area contributed by atoms with Crippen LogP contribution < -0.4 is 15.8 Å². The number of nitrogens with zero attached hydrogens (tertiary/aromatic N) is 4. The van der Waals surface area contributed by atoms with Gasteiger partial charge in [0.15, 0.2) is 5.82 Å². The molecular formula is C25H29N5O2. The van der Waals surface area contributed by atoms with Crippen LogP contribution in [0.2, 0.25) is 0 Å². The van der Waals surface area contributed by atoms with Gasteiger partial charge in [-0.2, -0.15) is 0 Å². The second kappa shape index (κ2) is 8.39. The first kappa shape index (κ1) is 20.7. The van der Waals surface area contributed by atoms with Crippen LogP contribution in [0.3, 0.4) is 0 Å². The van der Waals surface area contributed by atoms with Crippen LogP contribution in [-0.2, 0) is 7.05 Å².